The summed E-state index contributed by atoms with van der Waals surface area (Å²) in [6.07, 6.45) is 6.11. The fourth-order valence-electron chi connectivity index (χ4n) is 2.98. The lowest BCUT2D eigenvalue weighted by Gasteiger charge is -2.22. The Hall–Kier alpha value is -3.28. The lowest BCUT2D eigenvalue weighted by molar-refractivity contribution is -0.132. The molecule has 0 bridgehead atoms. The SMILES string of the molecule is COc1ccc(CCC(=O)N(Cc2cccnc2)Cc2ccco2)cc1OC. The second-order valence-electron chi connectivity index (χ2n) is 6.38. The number of methoxy groups -OCH3 is 2. The zero-order valence-corrected chi connectivity index (χ0v) is 16.1. The molecule has 0 aliphatic rings. The molecule has 6 heteroatoms. The number of carbonyl (C=O) groups excluding carboxylic acids is 1. The maximum Gasteiger partial charge on any atom is 0.223 e. The number of carbonyl (C=O) groups is 1. The highest BCUT2D eigenvalue weighted by Crippen LogP contribution is 2.28. The van der Waals surface area contributed by atoms with Crippen molar-refractivity contribution in [1.29, 1.82) is 0 Å². The Bertz CT molecular complexity index is 879. The van der Waals surface area contributed by atoms with Crippen LogP contribution >= 0.6 is 0 Å². The number of pyridine rings is 1. The first-order valence-electron chi connectivity index (χ1n) is 9.09. The predicted molar refractivity (Wildman–Crippen MR) is 105 cm³/mol. The molecule has 0 aliphatic heterocycles. The highest BCUT2D eigenvalue weighted by atomic mass is 16.5. The highest BCUT2D eigenvalue weighted by molar-refractivity contribution is 5.76. The number of nitrogens with zero attached hydrogens (tertiary/aromatic N) is 2. The molecule has 0 N–H and O–H groups in total. The van der Waals surface area contributed by atoms with Crippen LogP contribution in [0.15, 0.2) is 65.5 Å². The summed E-state index contributed by atoms with van der Waals surface area (Å²) in [5, 5.41) is 0. The van der Waals surface area contributed by atoms with Crippen LogP contribution in [-0.2, 0) is 24.3 Å². The van der Waals surface area contributed by atoms with Crippen molar-refractivity contribution in [2.24, 2.45) is 0 Å². The van der Waals surface area contributed by atoms with Crippen LogP contribution in [0, 0.1) is 0 Å². The summed E-state index contributed by atoms with van der Waals surface area (Å²) in [6.45, 7) is 0.909. The molecule has 6 nitrogen and oxygen atoms in total. The Labute approximate surface area is 164 Å². The zero-order chi connectivity index (χ0) is 19.8. The van der Waals surface area contributed by atoms with Crippen molar-refractivity contribution >= 4 is 5.91 Å². The summed E-state index contributed by atoms with van der Waals surface area (Å²) in [5.74, 6) is 2.14. The van der Waals surface area contributed by atoms with E-state index in [0.717, 1.165) is 16.9 Å². The van der Waals surface area contributed by atoms with Gasteiger partial charge in [-0.1, -0.05) is 12.1 Å². The van der Waals surface area contributed by atoms with Gasteiger partial charge in [-0.05, 0) is 47.9 Å². The highest BCUT2D eigenvalue weighted by Gasteiger charge is 2.16. The molecule has 0 unspecified atom stereocenters. The Morgan fingerprint density at radius 1 is 1.04 bits per heavy atom. The van der Waals surface area contributed by atoms with E-state index < -0.39 is 0 Å². The van der Waals surface area contributed by atoms with Crippen LogP contribution < -0.4 is 9.47 Å². The van der Waals surface area contributed by atoms with Crippen LogP contribution in [0.25, 0.3) is 0 Å². The van der Waals surface area contributed by atoms with Crippen molar-refractivity contribution in [3.8, 4) is 11.5 Å². The minimum absolute atomic E-state index is 0.0510. The number of rotatable bonds is 9. The summed E-state index contributed by atoms with van der Waals surface area (Å²) in [7, 11) is 3.21. The largest absolute Gasteiger partial charge is 0.493 e. The van der Waals surface area contributed by atoms with Gasteiger partial charge in [-0.15, -0.1) is 0 Å². The zero-order valence-electron chi connectivity index (χ0n) is 16.1. The molecule has 0 spiro atoms. The van der Waals surface area contributed by atoms with Crippen LogP contribution in [0.1, 0.15) is 23.3 Å². The molecule has 0 radical (unpaired) electrons. The second kappa shape index (κ2) is 9.60. The van der Waals surface area contributed by atoms with Crippen molar-refractivity contribution < 1.29 is 18.7 Å². The molecule has 1 aromatic carbocycles. The fraction of sp³-hybridized carbons (Fsp3) is 0.273. The lowest BCUT2D eigenvalue weighted by Crippen LogP contribution is -2.30. The van der Waals surface area contributed by atoms with Gasteiger partial charge >= 0.3 is 0 Å². The molecule has 3 aromatic rings. The quantitative estimate of drug-likeness (QED) is 0.564. The Morgan fingerprint density at radius 3 is 2.57 bits per heavy atom. The number of hydrogen-bond acceptors (Lipinski definition) is 5. The van der Waals surface area contributed by atoms with Crippen molar-refractivity contribution in [3.63, 3.8) is 0 Å². The molecular formula is C22H24N2O4. The van der Waals surface area contributed by atoms with E-state index in [9.17, 15) is 4.79 Å². The van der Waals surface area contributed by atoms with Gasteiger partial charge in [0.1, 0.15) is 5.76 Å². The summed E-state index contributed by atoms with van der Waals surface area (Å²) in [6, 6.07) is 13.2. The third kappa shape index (κ3) is 5.13. The van der Waals surface area contributed by atoms with Gasteiger partial charge in [0, 0.05) is 25.4 Å². The normalized spacial score (nSPS) is 10.5. The van der Waals surface area contributed by atoms with Crippen molar-refractivity contribution in [3.05, 3.63) is 78.0 Å². The van der Waals surface area contributed by atoms with Gasteiger partial charge in [0.2, 0.25) is 5.91 Å². The van der Waals surface area contributed by atoms with Gasteiger partial charge in [0.15, 0.2) is 11.5 Å². The first kappa shape index (κ1) is 19.5. The number of hydrogen-bond donors (Lipinski definition) is 0. The van der Waals surface area contributed by atoms with Crippen molar-refractivity contribution in [2.75, 3.05) is 14.2 Å². The maximum atomic E-state index is 12.9. The second-order valence-corrected chi connectivity index (χ2v) is 6.38. The first-order valence-corrected chi connectivity index (χ1v) is 9.09. The number of aryl methyl sites for hydroxylation is 1. The Balaban J connectivity index is 1.68. The molecule has 0 aliphatic carbocycles. The molecule has 1 amide bonds. The molecule has 0 fully saturated rings. The van der Waals surface area contributed by atoms with E-state index in [0.29, 0.717) is 37.4 Å². The number of ether oxygens (including phenoxy) is 2. The van der Waals surface area contributed by atoms with Crippen molar-refractivity contribution in [2.45, 2.75) is 25.9 Å². The molecule has 146 valence electrons. The smallest absolute Gasteiger partial charge is 0.223 e. The number of amides is 1. The fourth-order valence-corrected chi connectivity index (χ4v) is 2.98. The predicted octanol–water partition coefficient (Wildman–Crippen LogP) is 3.85. The molecule has 28 heavy (non-hydrogen) atoms. The average Bonchev–Trinajstić information content (AvgIpc) is 3.25. The molecule has 2 heterocycles. The van der Waals surface area contributed by atoms with E-state index in [1.807, 2.05) is 42.5 Å². The molecule has 0 saturated carbocycles. The minimum Gasteiger partial charge on any atom is -0.493 e. The van der Waals surface area contributed by atoms with Gasteiger partial charge in [-0.2, -0.15) is 0 Å². The van der Waals surface area contributed by atoms with E-state index in [2.05, 4.69) is 4.98 Å². The van der Waals surface area contributed by atoms with Crippen LogP contribution in [-0.4, -0.2) is 30.0 Å². The van der Waals surface area contributed by atoms with Crippen LogP contribution in [0.3, 0.4) is 0 Å². The topological polar surface area (TPSA) is 64.8 Å². The molecule has 3 rings (SSSR count). The summed E-state index contributed by atoms with van der Waals surface area (Å²) < 4.78 is 16.0. The number of furan rings is 1. The van der Waals surface area contributed by atoms with Gasteiger partial charge < -0.3 is 18.8 Å². The first-order chi connectivity index (χ1) is 13.7. The molecular weight excluding hydrogens is 356 g/mol. The third-order valence-corrected chi connectivity index (χ3v) is 4.45. The molecule has 0 saturated heterocycles. The van der Waals surface area contributed by atoms with E-state index in [-0.39, 0.29) is 5.91 Å². The lowest BCUT2D eigenvalue weighted by atomic mass is 10.1. The monoisotopic (exact) mass is 380 g/mol. The summed E-state index contributed by atoms with van der Waals surface area (Å²) >= 11 is 0. The summed E-state index contributed by atoms with van der Waals surface area (Å²) in [5.41, 5.74) is 2.00. The van der Waals surface area contributed by atoms with Gasteiger partial charge in [0.05, 0.1) is 27.0 Å². The van der Waals surface area contributed by atoms with E-state index in [1.165, 1.54) is 0 Å². The van der Waals surface area contributed by atoms with Crippen molar-refractivity contribution in [1.82, 2.24) is 9.88 Å². The number of aromatic nitrogens is 1. The minimum atomic E-state index is 0.0510. The standard InChI is InChI=1S/C22H24N2O4/c1-26-20-9-7-17(13-21(20)27-2)8-10-22(25)24(16-19-6-4-12-28-19)15-18-5-3-11-23-14-18/h3-7,9,11-14H,8,10,15-16H2,1-2H3. The molecule has 0 atom stereocenters. The third-order valence-electron chi connectivity index (χ3n) is 4.45. The number of benzene rings is 1. The van der Waals surface area contributed by atoms with E-state index in [1.54, 1.807) is 37.8 Å². The molecule has 2 aromatic heterocycles. The average molecular weight is 380 g/mol. The van der Waals surface area contributed by atoms with Crippen LogP contribution in [0.2, 0.25) is 0 Å². The van der Waals surface area contributed by atoms with Crippen LogP contribution in [0.5, 0.6) is 11.5 Å². The maximum absolute atomic E-state index is 12.9. The van der Waals surface area contributed by atoms with E-state index in [4.69, 9.17) is 13.9 Å². The Morgan fingerprint density at radius 2 is 1.89 bits per heavy atom. The van der Waals surface area contributed by atoms with Crippen LogP contribution in [0.4, 0.5) is 0 Å². The van der Waals surface area contributed by atoms with Gasteiger partial charge in [-0.25, -0.2) is 0 Å². The Kier molecular flexibility index (Phi) is 6.68. The van der Waals surface area contributed by atoms with Gasteiger partial charge in [-0.3, -0.25) is 9.78 Å². The van der Waals surface area contributed by atoms with E-state index >= 15 is 0 Å². The summed E-state index contributed by atoms with van der Waals surface area (Å²) in [4.78, 5) is 18.9. The van der Waals surface area contributed by atoms with Gasteiger partial charge in [0.25, 0.3) is 0 Å².